The van der Waals surface area contributed by atoms with Crippen LogP contribution in [0, 0.1) is 0 Å². The highest BCUT2D eigenvalue weighted by atomic mass is 16.1. The van der Waals surface area contributed by atoms with Crippen molar-refractivity contribution in [2.45, 2.75) is 51.0 Å². The third kappa shape index (κ3) is 1.41. The van der Waals surface area contributed by atoms with Crippen molar-refractivity contribution in [3.8, 4) is 0 Å². The predicted molar refractivity (Wildman–Crippen MR) is 56.9 cm³/mol. The van der Waals surface area contributed by atoms with E-state index in [0.717, 1.165) is 25.1 Å². The predicted octanol–water partition coefficient (Wildman–Crippen LogP) is 2.23. The number of ketones is 1. The molecule has 0 radical (unpaired) electrons. The lowest BCUT2D eigenvalue weighted by Gasteiger charge is -2.23. The van der Waals surface area contributed by atoms with Crippen LogP contribution in [0.4, 0.5) is 0 Å². The number of nitrogens with zero attached hydrogens (tertiary/aromatic N) is 2. The van der Waals surface area contributed by atoms with Crippen molar-refractivity contribution in [3.63, 3.8) is 0 Å². The first-order valence-electron chi connectivity index (χ1n) is 5.83. The Morgan fingerprint density at radius 2 is 2.27 bits per heavy atom. The minimum absolute atomic E-state index is 0.110. The maximum Gasteiger partial charge on any atom is 0.138 e. The summed E-state index contributed by atoms with van der Waals surface area (Å²) >= 11 is 0. The molecule has 2 heterocycles. The molecule has 1 unspecified atom stereocenters. The highest BCUT2D eigenvalue weighted by molar-refractivity contribution is 5.83. The number of hydrogen-bond acceptors (Lipinski definition) is 2. The first kappa shape index (κ1) is 9.13. The maximum atomic E-state index is 11.5. The smallest absolute Gasteiger partial charge is 0.138 e. The molecule has 1 atom stereocenters. The van der Waals surface area contributed by atoms with E-state index in [-0.39, 0.29) is 11.7 Å². The first-order chi connectivity index (χ1) is 7.27. The summed E-state index contributed by atoms with van der Waals surface area (Å²) in [5.41, 5.74) is 1.16. The van der Waals surface area contributed by atoms with Gasteiger partial charge in [-0.2, -0.15) is 0 Å². The highest BCUT2D eigenvalue weighted by Gasteiger charge is 2.33. The van der Waals surface area contributed by atoms with Crippen LogP contribution in [-0.2, 0) is 11.3 Å². The fraction of sp³-hybridized carbons (Fsp3) is 0.667. The molecule has 0 spiro atoms. The molecule has 1 aliphatic carbocycles. The van der Waals surface area contributed by atoms with E-state index in [1.165, 1.54) is 18.7 Å². The molecule has 1 aliphatic heterocycles. The van der Waals surface area contributed by atoms with Gasteiger partial charge in [0.25, 0.3) is 0 Å². The van der Waals surface area contributed by atoms with Crippen molar-refractivity contribution in [1.29, 1.82) is 0 Å². The van der Waals surface area contributed by atoms with Crippen LogP contribution >= 0.6 is 0 Å². The molecule has 1 aromatic rings. The van der Waals surface area contributed by atoms with Crippen LogP contribution in [0.1, 0.15) is 56.0 Å². The van der Waals surface area contributed by atoms with Gasteiger partial charge in [-0.1, -0.05) is 0 Å². The second-order valence-corrected chi connectivity index (χ2v) is 4.77. The molecule has 15 heavy (non-hydrogen) atoms. The number of aromatic nitrogens is 2. The summed E-state index contributed by atoms with van der Waals surface area (Å²) in [6.45, 7) is 2.76. The monoisotopic (exact) mass is 204 g/mol. The molecule has 0 amide bonds. The summed E-state index contributed by atoms with van der Waals surface area (Å²) in [6.07, 6.45) is 6.61. The third-order valence-electron chi connectivity index (χ3n) is 3.58. The highest BCUT2D eigenvalue weighted by Crippen LogP contribution is 2.41. The number of imidazole rings is 1. The Kier molecular flexibility index (Phi) is 1.94. The van der Waals surface area contributed by atoms with Crippen molar-refractivity contribution < 1.29 is 4.79 Å². The first-order valence-corrected chi connectivity index (χ1v) is 5.83. The fourth-order valence-electron chi connectivity index (χ4n) is 2.61. The van der Waals surface area contributed by atoms with E-state index in [1.807, 2.05) is 6.20 Å². The van der Waals surface area contributed by atoms with Crippen molar-refractivity contribution in [2.24, 2.45) is 0 Å². The van der Waals surface area contributed by atoms with E-state index >= 15 is 0 Å². The zero-order valence-corrected chi connectivity index (χ0v) is 9.07. The Morgan fingerprint density at radius 1 is 1.47 bits per heavy atom. The summed E-state index contributed by atoms with van der Waals surface area (Å²) in [4.78, 5) is 16.0. The van der Waals surface area contributed by atoms with Crippen LogP contribution in [-0.4, -0.2) is 15.3 Å². The van der Waals surface area contributed by atoms with Gasteiger partial charge in [-0.3, -0.25) is 4.79 Å². The van der Waals surface area contributed by atoms with E-state index in [4.69, 9.17) is 0 Å². The van der Waals surface area contributed by atoms with Crippen LogP contribution in [0.15, 0.2) is 6.20 Å². The maximum absolute atomic E-state index is 11.5. The van der Waals surface area contributed by atoms with Crippen molar-refractivity contribution in [2.75, 3.05) is 0 Å². The Labute approximate surface area is 89.5 Å². The number of rotatable bonds is 2. The van der Waals surface area contributed by atoms with Crippen LogP contribution in [0.2, 0.25) is 0 Å². The van der Waals surface area contributed by atoms with Gasteiger partial charge >= 0.3 is 0 Å². The molecule has 0 N–H and O–H groups in total. The average Bonchev–Trinajstić information content (AvgIpc) is 2.97. The molecule has 0 saturated heterocycles. The zero-order valence-electron chi connectivity index (χ0n) is 9.07. The van der Waals surface area contributed by atoms with Gasteiger partial charge in [-0.05, 0) is 32.6 Å². The van der Waals surface area contributed by atoms with E-state index in [1.54, 1.807) is 6.92 Å². The standard InChI is InChI=1S/C12H16N2O/c1-8(15)10-3-2-6-14-11(10)7-13-12(14)9-4-5-9/h7,9-10H,2-6H2,1H3. The Hall–Kier alpha value is -1.12. The second kappa shape index (κ2) is 3.19. The largest absolute Gasteiger partial charge is 0.331 e. The molecule has 3 heteroatoms. The second-order valence-electron chi connectivity index (χ2n) is 4.77. The van der Waals surface area contributed by atoms with E-state index < -0.39 is 0 Å². The molecule has 0 bridgehead atoms. The molecule has 3 rings (SSSR count). The van der Waals surface area contributed by atoms with Crippen LogP contribution in [0.3, 0.4) is 0 Å². The van der Waals surface area contributed by atoms with Gasteiger partial charge in [0.2, 0.25) is 0 Å². The molecule has 3 nitrogen and oxygen atoms in total. The van der Waals surface area contributed by atoms with Gasteiger partial charge in [0.05, 0.1) is 5.92 Å². The number of hydrogen-bond donors (Lipinski definition) is 0. The lowest BCUT2D eigenvalue weighted by atomic mass is 9.93. The molecule has 2 aliphatic rings. The van der Waals surface area contributed by atoms with Gasteiger partial charge in [-0.25, -0.2) is 4.98 Å². The summed E-state index contributed by atoms with van der Waals surface area (Å²) in [5, 5.41) is 0. The molecule has 0 aromatic carbocycles. The molecular formula is C12H16N2O. The minimum Gasteiger partial charge on any atom is -0.331 e. The van der Waals surface area contributed by atoms with E-state index in [0.29, 0.717) is 5.92 Å². The lowest BCUT2D eigenvalue weighted by Crippen LogP contribution is -2.21. The third-order valence-corrected chi connectivity index (χ3v) is 3.58. The van der Waals surface area contributed by atoms with Gasteiger partial charge in [-0.15, -0.1) is 0 Å². The van der Waals surface area contributed by atoms with Gasteiger partial charge in [0, 0.05) is 24.4 Å². The summed E-state index contributed by atoms with van der Waals surface area (Å²) in [7, 11) is 0. The van der Waals surface area contributed by atoms with Crippen LogP contribution < -0.4 is 0 Å². The molecule has 1 saturated carbocycles. The summed E-state index contributed by atoms with van der Waals surface area (Å²) < 4.78 is 2.30. The van der Waals surface area contributed by atoms with Crippen molar-refractivity contribution in [1.82, 2.24) is 9.55 Å². The number of Topliss-reactive ketones (excluding diaryl/α,β-unsaturated/α-hetero) is 1. The summed E-state index contributed by atoms with van der Waals surface area (Å²) in [5.74, 6) is 2.32. The Balaban J connectivity index is 2.01. The zero-order chi connectivity index (χ0) is 10.4. The number of carbonyl (C=O) groups is 1. The SMILES string of the molecule is CC(=O)C1CCCn2c1cnc2C1CC1. The topological polar surface area (TPSA) is 34.9 Å². The van der Waals surface area contributed by atoms with Crippen molar-refractivity contribution >= 4 is 5.78 Å². The Morgan fingerprint density at radius 3 is 2.93 bits per heavy atom. The average molecular weight is 204 g/mol. The quantitative estimate of drug-likeness (QED) is 0.740. The van der Waals surface area contributed by atoms with Gasteiger partial charge in [0.15, 0.2) is 0 Å². The van der Waals surface area contributed by atoms with Crippen molar-refractivity contribution in [3.05, 3.63) is 17.7 Å². The van der Waals surface area contributed by atoms with E-state index in [2.05, 4.69) is 9.55 Å². The number of fused-ring (bicyclic) bond motifs is 1. The molecule has 1 fully saturated rings. The lowest BCUT2D eigenvalue weighted by molar-refractivity contribution is -0.118. The van der Waals surface area contributed by atoms with Gasteiger partial charge < -0.3 is 4.57 Å². The molecule has 1 aromatic heterocycles. The normalized spacial score (nSPS) is 25.0. The van der Waals surface area contributed by atoms with E-state index in [9.17, 15) is 4.79 Å². The number of carbonyl (C=O) groups excluding carboxylic acids is 1. The molecular weight excluding hydrogens is 188 g/mol. The molecule has 80 valence electrons. The fourth-order valence-corrected chi connectivity index (χ4v) is 2.61. The summed E-state index contributed by atoms with van der Waals surface area (Å²) in [6, 6.07) is 0. The van der Waals surface area contributed by atoms with Crippen LogP contribution in [0.25, 0.3) is 0 Å². The van der Waals surface area contributed by atoms with Gasteiger partial charge in [0.1, 0.15) is 11.6 Å². The Bertz CT molecular complexity index is 404. The minimum atomic E-state index is 0.110. The van der Waals surface area contributed by atoms with Crippen LogP contribution in [0.5, 0.6) is 0 Å².